The Morgan fingerprint density at radius 3 is 0.912 bits per heavy atom. The second-order valence-corrected chi connectivity index (χ2v) is 19.5. The van der Waals surface area contributed by atoms with Crippen LogP contribution in [0.25, 0.3) is 0 Å². The van der Waals surface area contributed by atoms with Crippen LogP contribution in [-0.4, -0.2) is 37.2 Å². The molecular formula is C62H110O6. The molecule has 0 saturated carbocycles. The van der Waals surface area contributed by atoms with Crippen LogP contribution >= 0.6 is 0 Å². The highest BCUT2D eigenvalue weighted by Gasteiger charge is 2.19. The third-order valence-electron chi connectivity index (χ3n) is 12.8. The molecule has 6 heteroatoms. The summed E-state index contributed by atoms with van der Waals surface area (Å²) in [5, 5.41) is 0. The largest absolute Gasteiger partial charge is 0.462 e. The molecule has 0 bridgehead atoms. The number of unbranched alkanes of at least 4 members (excludes halogenated alkanes) is 32. The smallest absolute Gasteiger partial charge is 0.306 e. The molecule has 0 amide bonds. The van der Waals surface area contributed by atoms with Crippen LogP contribution in [-0.2, 0) is 28.6 Å². The molecule has 0 aliphatic carbocycles. The Hall–Kier alpha value is -2.89. The fourth-order valence-corrected chi connectivity index (χ4v) is 8.37. The highest BCUT2D eigenvalue weighted by Crippen LogP contribution is 2.16. The molecule has 0 N–H and O–H groups in total. The lowest BCUT2D eigenvalue weighted by atomic mass is 10.0. The van der Waals surface area contributed by atoms with Gasteiger partial charge < -0.3 is 14.2 Å². The number of carbonyl (C=O) groups excluding carboxylic acids is 3. The Kier molecular flexibility index (Phi) is 54.3. The van der Waals surface area contributed by atoms with Crippen molar-refractivity contribution in [3.05, 3.63) is 60.8 Å². The van der Waals surface area contributed by atoms with E-state index in [9.17, 15) is 14.4 Å². The normalized spacial score (nSPS) is 12.5. The van der Waals surface area contributed by atoms with E-state index in [0.29, 0.717) is 19.3 Å². The summed E-state index contributed by atoms with van der Waals surface area (Å²) in [5.41, 5.74) is 0. The van der Waals surface area contributed by atoms with Crippen LogP contribution in [0.15, 0.2) is 60.8 Å². The Balaban J connectivity index is 4.38. The van der Waals surface area contributed by atoms with Crippen LogP contribution in [0.1, 0.15) is 297 Å². The zero-order valence-electron chi connectivity index (χ0n) is 45.1. The number of ether oxygens (including phenoxy) is 3. The average molecular weight is 952 g/mol. The summed E-state index contributed by atoms with van der Waals surface area (Å²) < 4.78 is 16.9. The molecule has 1 atom stereocenters. The van der Waals surface area contributed by atoms with Crippen molar-refractivity contribution >= 4 is 17.9 Å². The molecule has 0 aromatic heterocycles. The first-order valence-corrected chi connectivity index (χ1v) is 29.3. The number of hydrogen-bond acceptors (Lipinski definition) is 6. The zero-order valence-corrected chi connectivity index (χ0v) is 45.1. The van der Waals surface area contributed by atoms with Gasteiger partial charge in [0, 0.05) is 19.3 Å². The van der Waals surface area contributed by atoms with Gasteiger partial charge in [-0.15, -0.1) is 0 Å². The maximum atomic E-state index is 12.9. The predicted molar refractivity (Wildman–Crippen MR) is 293 cm³/mol. The van der Waals surface area contributed by atoms with Crippen molar-refractivity contribution in [2.45, 2.75) is 303 Å². The SMILES string of the molecule is CC/C=C\C/C=C\C/C=C\CCCCCCCC(=O)OCC(COC(=O)CCCCCCCCCCCCCCCCCCCCC)OC(=O)CCCCCCC/C=C\C/C=C\CCCCCC. The summed E-state index contributed by atoms with van der Waals surface area (Å²) in [6, 6.07) is 0. The van der Waals surface area contributed by atoms with Crippen molar-refractivity contribution in [2.24, 2.45) is 0 Å². The van der Waals surface area contributed by atoms with Gasteiger partial charge >= 0.3 is 17.9 Å². The molecule has 0 heterocycles. The maximum absolute atomic E-state index is 12.9. The molecule has 68 heavy (non-hydrogen) atoms. The lowest BCUT2D eigenvalue weighted by molar-refractivity contribution is -0.167. The molecule has 0 saturated heterocycles. The van der Waals surface area contributed by atoms with Crippen LogP contribution in [0.4, 0.5) is 0 Å². The second kappa shape index (κ2) is 56.7. The summed E-state index contributed by atoms with van der Waals surface area (Å²) in [6.45, 7) is 6.52. The second-order valence-electron chi connectivity index (χ2n) is 19.5. The molecule has 0 spiro atoms. The molecule has 0 aliphatic rings. The van der Waals surface area contributed by atoms with Crippen LogP contribution in [0.2, 0.25) is 0 Å². The first-order valence-electron chi connectivity index (χ1n) is 29.3. The number of carbonyl (C=O) groups is 3. The number of allylic oxidation sites excluding steroid dienone is 10. The number of hydrogen-bond donors (Lipinski definition) is 0. The van der Waals surface area contributed by atoms with E-state index in [1.165, 1.54) is 135 Å². The van der Waals surface area contributed by atoms with Gasteiger partial charge in [0.05, 0.1) is 0 Å². The first kappa shape index (κ1) is 65.1. The van der Waals surface area contributed by atoms with Gasteiger partial charge in [0.1, 0.15) is 13.2 Å². The molecule has 0 radical (unpaired) electrons. The minimum atomic E-state index is -0.787. The molecule has 1 unspecified atom stereocenters. The Bertz CT molecular complexity index is 1230. The quantitative estimate of drug-likeness (QED) is 0.0262. The highest BCUT2D eigenvalue weighted by atomic mass is 16.6. The number of rotatable bonds is 53. The minimum absolute atomic E-state index is 0.0831. The van der Waals surface area contributed by atoms with E-state index >= 15 is 0 Å². The van der Waals surface area contributed by atoms with E-state index in [1.807, 2.05) is 0 Å². The van der Waals surface area contributed by atoms with Gasteiger partial charge in [0.25, 0.3) is 0 Å². The maximum Gasteiger partial charge on any atom is 0.306 e. The van der Waals surface area contributed by atoms with E-state index in [4.69, 9.17) is 14.2 Å². The first-order chi connectivity index (χ1) is 33.5. The van der Waals surface area contributed by atoms with Gasteiger partial charge in [0.2, 0.25) is 0 Å². The fraction of sp³-hybridized carbons (Fsp3) is 0.790. The standard InChI is InChI=1S/C62H110O6/c1-4-7-10-13-16-19-22-25-28-30-31-32-35-37-40-43-46-49-52-55-61(64)67-58-59(57-66-60(63)54-51-48-45-42-39-36-33-27-24-21-18-15-12-9-6-3)68-62(65)56-53-50-47-44-41-38-34-29-26-23-20-17-14-11-8-5-2/h9,12,18,20-21,23,27,29,33-34,59H,4-8,10-11,13-17,19,22,24-26,28,30-32,35-58H2,1-3H3/b12-9-,21-18-,23-20-,33-27-,34-29-. The van der Waals surface area contributed by atoms with Crippen LogP contribution < -0.4 is 0 Å². The molecule has 0 aliphatic heterocycles. The van der Waals surface area contributed by atoms with Crippen molar-refractivity contribution < 1.29 is 28.6 Å². The topological polar surface area (TPSA) is 78.9 Å². The average Bonchev–Trinajstić information content (AvgIpc) is 3.34. The van der Waals surface area contributed by atoms with Crippen LogP contribution in [0, 0.1) is 0 Å². The molecule has 0 rings (SSSR count). The fourth-order valence-electron chi connectivity index (χ4n) is 8.37. The van der Waals surface area contributed by atoms with E-state index < -0.39 is 6.10 Å². The predicted octanol–water partition coefficient (Wildman–Crippen LogP) is 19.6. The Labute approximate surface area is 421 Å². The summed E-state index contributed by atoms with van der Waals surface area (Å²) >= 11 is 0. The summed E-state index contributed by atoms with van der Waals surface area (Å²) in [7, 11) is 0. The Morgan fingerprint density at radius 1 is 0.309 bits per heavy atom. The zero-order chi connectivity index (χ0) is 49.3. The van der Waals surface area contributed by atoms with E-state index in [2.05, 4.69) is 81.5 Å². The van der Waals surface area contributed by atoms with Gasteiger partial charge in [-0.1, -0.05) is 255 Å². The van der Waals surface area contributed by atoms with Crippen molar-refractivity contribution in [1.29, 1.82) is 0 Å². The van der Waals surface area contributed by atoms with E-state index in [0.717, 1.165) is 122 Å². The minimum Gasteiger partial charge on any atom is -0.462 e. The molecular weight excluding hydrogens is 841 g/mol. The van der Waals surface area contributed by atoms with Gasteiger partial charge in [-0.25, -0.2) is 0 Å². The number of esters is 3. The third-order valence-corrected chi connectivity index (χ3v) is 12.8. The van der Waals surface area contributed by atoms with Crippen molar-refractivity contribution in [1.82, 2.24) is 0 Å². The molecule has 0 aromatic rings. The van der Waals surface area contributed by atoms with Gasteiger partial charge in [-0.3, -0.25) is 14.4 Å². The van der Waals surface area contributed by atoms with E-state index in [1.54, 1.807) is 0 Å². The van der Waals surface area contributed by atoms with Gasteiger partial charge in [0.15, 0.2) is 6.10 Å². The van der Waals surface area contributed by atoms with Crippen molar-refractivity contribution in [2.75, 3.05) is 13.2 Å². The van der Waals surface area contributed by atoms with Crippen molar-refractivity contribution in [3.8, 4) is 0 Å². The Morgan fingerprint density at radius 2 is 0.574 bits per heavy atom. The van der Waals surface area contributed by atoms with E-state index in [-0.39, 0.29) is 31.1 Å². The molecule has 0 aromatic carbocycles. The highest BCUT2D eigenvalue weighted by molar-refractivity contribution is 5.71. The summed E-state index contributed by atoms with van der Waals surface area (Å²) in [5.74, 6) is -0.901. The van der Waals surface area contributed by atoms with Crippen LogP contribution in [0.3, 0.4) is 0 Å². The van der Waals surface area contributed by atoms with Crippen molar-refractivity contribution in [3.63, 3.8) is 0 Å². The van der Waals surface area contributed by atoms with Gasteiger partial charge in [-0.2, -0.15) is 0 Å². The molecule has 6 nitrogen and oxygen atoms in total. The summed E-state index contributed by atoms with van der Waals surface area (Å²) in [6.07, 6.45) is 70.7. The third kappa shape index (κ3) is 54.1. The lowest BCUT2D eigenvalue weighted by Gasteiger charge is -2.18. The lowest BCUT2D eigenvalue weighted by Crippen LogP contribution is -2.30. The molecule has 0 fully saturated rings. The van der Waals surface area contributed by atoms with Crippen LogP contribution in [0.5, 0.6) is 0 Å². The molecule has 394 valence electrons. The van der Waals surface area contributed by atoms with Gasteiger partial charge in [-0.05, 0) is 83.5 Å². The monoisotopic (exact) mass is 951 g/mol. The summed E-state index contributed by atoms with van der Waals surface area (Å²) in [4.78, 5) is 38.2.